The van der Waals surface area contributed by atoms with Crippen LogP contribution in [-0.2, 0) is 4.79 Å². The summed E-state index contributed by atoms with van der Waals surface area (Å²) in [6, 6.07) is 16.1. The van der Waals surface area contributed by atoms with Gasteiger partial charge in [0.2, 0.25) is 5.91 Å². The Hall–Kier alpha value is -2.05. The summed E-state index contributed by atoms with van der Waals surface area (Å²) in [6.45, 7) is 2.98. The van der Waals surface area contributed by atoms with Crippen LogP contribution in [0.15, 0.2) is 64.8 Å². The average molecular weight is 382 g/mol. The highest BCUT2D eigenvalue weighted by Gasteiger charge is 2.24. The maximum Gasteiger partial charge on any atom is 0.237 e. The van der Waals surface area contributed by atoms with Crippen LogP contribution in [0.25, 0.3) is 10.9 Å². The van der Waals surface area contributed by atoms with Crippen molar-refractivity contribution in [1.82, 2.24) is 9.97 Å². The van der Waals surface area contributed by atoms with Crippen LogP contribution in [0.3, 0.4) is 0 Å². The number of hydrogen-bond acceptors (Lipinski definition) is 5. The molecule has 1 atom stereocenters. The summed E-state index contributed by atoms with van der Waals surface area (Å²) in [7, 11) is 0. The first-order valence-electron chi connectivity index (χ1n) is 8.61. The molecule has 132 valence electrons. The Morgan fingerprint density at radius 3 is 2.92 bits per heavy atom. The van der Waals surface area contributed by atoms with Crippen molar-refractivity contribution in [2.75, 3.05) is 17.2 Å². The number of thioether (sulfide) groups is 2. The smallest absolute Gasteiger partial charge is 0.237 e. The molecule has 1 aliphatic heterocycles. The summed E-state index contributed by atoms with van der Waals surface area (Å²) in [5.41, 5.74) is 1.93. The van der Waals surface area contributed by atoms with Crippen LogP contribution >= 0.6 is 23.5 Å². The van der Waals surface area contributed by atoms with Crippen molar-refractivity contribution < 1.29 is 4.79 Å². The number of anilines is 1. The van der Waals surface area contributed by atoms with E-state index in [1.807, 2.05) is 59.1 Å². The minimum atomic E-state index is 0.125. The van der Waals surface area contributed by atoms with E-state index >= 15 is 0 Å². The fourth-order valence-corrected chi connectivity index (χ4v) is 5.03. The first-order chi connectivity index (χ1) is 12.7. The third-order valence-corrected chi connectivity index (χ3v) is 6.61. The molecule has 1 aromatic heterocycles. The zero-order valence-electron chi connectivity index (χ0n) is 14.5. The lowest BCUT2D eigenvalue weighted by Gasteiger charge is -2.22. The van der Waals surface area contributed by atoms with E-state index in [4.69, 9.17) is 0 Å². The van der Waals surface area contributed by atoms with E-state index in [1.54, 1.807) is 6.33 Å². The first kappa shape index (κ1) is 17.4. The van der Waals surface area contributed by atoms with Gasteiger partial charge < -0.3 is 4.90 Å². The molecule has 0 saturated carbocycles. The standard InChI is InChI=1S/C20H19N3OS2/c1-14-10-11-23(17-8-4-5-9-18(17)26-14)19(24)12-25-20-15-6-2-3-7-16(15)21-13-22-20/h2-9,13-14H,10-12H2,1H3. The molecule has 0 spiro atoms. The lowest BCUT2D eigenvalue weighted by atomic mass is 10.2. The lowest BCUT2D eigenvalue weighted by molar-refractivity contribution is -0.116. The molecule has 0 N–H and O–H groups in total. The average Bonchev–Trinajstić information content (AvgIpc) is 2.84. The summed E-state index contributed by atoms with van der Waals surface area (Å²) in [6.07, 6.45) is 2.56. The number of nitrogens with zero attached hydrogens (tertiary/aromatic N) is 3. The Labute approximate surface area is 161 Å². The molecule has 0 bridgehead atoms. The van der Waals surface area contributed by atoms with Gasteiger partial charge in [0.1, 0.15) is 11.4 Å². The molecule has 4 rings (SSSR count). The zero-order chi connectivity index (χ0) is 17.9. The predicted octanol–water partition coefficient (Wildman–Crippen LogP) is 4.64. The zero-order valence-corrected chi connectivity index (χ0v) is 16.1. The van der Waals surface area contributed by atoms with Gasteiger partial charge >= 0.3 is 0 Å². The normalized spacial score (nSPS) is 17.0. The molecule has 26 heavy (non-hydrogen) atoms. The molecule has 0 saturated heterocycles. The highest BCUT2D eigenvalue weighted by Crippen LogP contribution is 2.37. The Bertz CT molecular complexity index is 942. The van der Waals surface area contributed by atoms with Crippen molar-refractivity contribution >= 4 is 46.0 Å². The predicted molar refractivity (Wildman–Crippen MR) is 109 cm³/mol. The van der Waals surface area contributed by atoms with Crippen molar-refractivity contribution in [2.45, 2.75) is 28.5 Å². The Morgan fingerprint density at radius 2 is 2.00 bits per heavy atom. The number of carbonyl (C=O) groups is 1. The van der Waals surface area contributed by atoms with Crippen LogP contribution in [0.1, 0.15) is 13.3 Å². The van der Waals surface area contributed by atoms with E-state index in [0.717, 1.165) is 34.6 Å². The summed E-state index contributed by atoms with van der Waals surface area (Å²) in [5.74, 6) is 0.494. The van der Waals surface area contributed by atoms with Crippen molar-refractivity contribution in [3.05, 3.63) is 54.9 Å². The van der Waals surface area contributed by atoms with Gasteiger partial charge in [0.25, 0.3) is 0 Å². The van der Waals surface area contributed by atoms with Gasteiger partial charge in [-0.15, -0.1) is 11.8 Å². The summed E-state index contributed by atoms with van der Waals surface area (Å²) < 4.78 is 0. The Kier molecular flexibility index (Phi) is 5.13. The molecular formula is C20H19N3OS2. The van der Waals surface area contributed by atoms with Crippen LogP contribution in [-0.4, -0.2) is 33.4 Å². The van der Waals surface area contributed by atoms with Gasteiger partial charge in [-0.3, -0.25) is 4.79 Å². The maximum atomic E-state index is 13.0. The van der Waals surface area contributed by atoms with E-state index in [9.17, 15) is 4.79 Å². The number of aromatic nitrogens is 2. The van der Waals surface area contributed by atoms with Gasteiger partial charge in [0.05, 0.1) is 17.0 Å². The molecule has 2 heterocycles. The fraction of sp³-hybridized carbons (Fsp3) is 0.250. The monoisotopic (exact) mass is 381 g/mol. The van der Waals surface area contributed by atoms with E-state index in [2.05, 4.69) is 23.0 Å². The molecule has 0 fully saturated rings. The first-order valence-corrected chi connectivity index (χ1v) is 10.5. The molecule has 1 unspecified atom stereocenters. The van der Waals surface area contributed by atoms with Crippen LogP contribution in [0.5, 0.6) is 0 Å². The summed E-state index contributed by atoms with van der Waals surface area (Å²) >= 11 is 3.33. The molecule has 3 aromatic rings. The third kappa shape index (κ3) is 3.57. The lowest BCUT2D eigenvalue weighted by Crippen LogP contribution is -2.33. The van der Waals surface area contributed by atoms with Crippen molar-refractivity contribution in [3.63, 3.8) is 0 Å². The number of para-hydroxylation sites is 2. The number of hydrogen-bond donors (Lipinski definition) is 0. The second kappa shape index (κ2) is 7.68. The van der Waals surface area contributed by atoms with Gasteiger partial charge in [0, 0.05) is 22.1 Å². The SMILES string of the molecule is CC1CCN(C(=O)CSc2ncnc3ccccc23)c2ccccc2S1. The second-order valence-electron chi connectivity index (χ2n) is 6.21. The van der Waals surface area contributed by atoms with Crippen LogP contribution in [0.4, 0.5) is 5.69 Å². The number of amides is 1. The van der Waals surface area contributed by atoms with Crippen molar-refractivity contribution in [1.29, 1.82) is 0 Å². The van der Waals surface area contributed by atoms with Crippen LogP contribution < -0.4 is 4.90 Å². The van der Waals surface area contributed by atoms with Crippen LogP contribution in [0, 0.1) is 0 Å². The largest absolute Gasteiger partial charge is 0.311 e. The molecule has 0 aliphatic carbocycles. The highest BCUT2D eigenvalue weighted by molar-refractivity contribution is 8.00. The fourth-order valence-electron chi connectivity index (χ4n) is 3.05. The van der Waals surface area contributed by atoms with Gasteiger partial charge in [-0.1, -0.05) is 49.0 Å². The minimum absolute atomic E-state index is 0.125. The third-order valence-electron chi connectivity index (χ3n) is 4.38. The summed E-state index contributed by atoms with van der Waals surface area (Å²) in [4.78, 5) is 24.8. The Balaban J connectivity index is 1.55. The highest BCUT2D eigenvalue weighted by atomic mass is 32.2. The minimum Gasteiger partial charge on any atom is -0.311 e. The van der Waals surface area contributed by atoms with Crippen LogP contribution in [0.2, 0.25) is 0 Å². The molecule has 6 heteroatoms. The molecular weight excluding hydrogens is 362 g/mol. The summed E-state index contributed by atoms with van der Waals surface area (Å²) in [5, 5.41) is 2.36. The van der Waals surface area contributed by atoms with Gasteiger partial charge in [0.15, 0.2) is 0 Å². The van der Waals surface area contributed by atoms with Gasteiger partial charge in [-0.2, -0.15) is 0 Å². The van der Waals surface area contributed by atoms with E-state index in [0.29, 0.717) is 11.0 Å². The van der Waals surface area contributed by atoms with Gasteiger partial charge in [-0.25, -0.2) is 9.97 Å². The number of benzene rings is 2. The van der Waals surface area contributed by atoms with Crippen molar-refractivity contribution in [3.8, 4) is 0 Å². The van der Waals surface area contributed by atoms with E-state index in [-0.39, 0.29) is 5.91 Å². The number of fused-ring (bicyclic) bond motifs is 2. The topological polar surface area (TPSA) is 46.1 Å². The van der Waals surface area contributed by atoms with Crippen molar-refractivity contribution in [2.24, 2.45) is 0 Å². The molecule has 1 amide bonds. The molecule has 4 nitrogen and oxygen atoms in total. The van der Waals surface area contributed by atoms with E-state index < -0.39 is 0 Å². The quantitative estimate of drug-likeness (QED) is 0.489. The van der Waals surface area contributed by atoms with Gasteiger partial charge in [-0.05, 0) is 24.6 Å². The molecule has 0 radical (unpaired) electrons. The number of rotatable bonds is 3. The maximum absolute atomic E-state index is 13.0. The van der Waals surface area contributed by atoms with E-state index in [1.165, 1.54) is 16.7 Å². The second-order valence-corrected chi connectivity index (χ2v) is 8.66. The Morgan fingerprint density at radius 1 is 1.19 bits per heavy atom. The molecule has 2 aromatic carbocycles. The number of carbonyl (C=O) groups excluding carboxylic acids is 1. The molecule has 1 aliphatic rings.